The summed E-state index contributed by atoms with van der Waals surface area (Å²) in [6.45, 7) is 4.44. The number of sulfonamides is 1. The number of amides is 1. The Kier molecular flexibility index (Phi) is 5.39. The van der Waals surface area contributed by atoms with Crippen molar-refractivity contribution in [2.45, 2.75) is 38.0 Å². The van der Waals surface area contributed by atoms with Gasteiger partial charge in [0.15, 0.2) is 0 Å². The van der Waals surface area contributed by atoms with Crippen molar-refractivity contribution >= 4 is 43.2 Å². The monoisotopic (exact) mass is 436 g/mol. The summed E-state index contributed by atoms with van der Waals surface area (Å²) in [7, 11) is -3.78. The predicted octanol–water partition coefficient (Wildman–Crippen LogP) is 4.11. The van der Waals surface area contributed by atoms with Crippen LogP contribution < -0.4 is 9.62 Å². The number of aryl methyl sites for hydroxylation is 1. The van der Waals surface area contributed by atoms with E-state index < -0.39 is 10.0 Å². The molecular weight excluding hydrogens is 416 g/mol. The number of hydrogen-bond donors (Lipinski definition) is 1. The third-order valence-electron chi connectivity index (χ3n) is 4.54. The Labute approximate surface area is 162 Å². The smallest absolute Gasteiger partial charge is 0.263 e. The van der Waals surface area contributed by atoms with Crippen molar-refractivity contribution in [1.29, 1.82) is 0 Å². The number of hydrogen-bond acceptors (Lipinski definition) is 3. The van der Waals surface area contributed by atoms with E-state index in [-0.39, 0.29) is 10.8 Å². The van der Waals surface area contributed by atoms with Crippen LogP contribution in [0.15, 0.2) is 45.8 Å². The first-order valence-electron chi connectivity index (χ1n) is 8.60. The third-order valence-corrected chi connectivity index (χ3v) is 6.88. The molecule has 2 aromatic rings. The van der Waals surface area contributed by atoms with Crippen molar-refractivity contribution in [2.75, 3.05) is 16.2 Å². The van der Waals surface area contributed by atoms with Crippen LogP contribution in [0.4, 0.5) is 11.4 Å². The van der Waals surface area contributed by atoms with Gasteiger partial charge in [-0.2, -0.15) is 0 Å². The maximum absolute atomic E-state index is 12.9. The molecule has 0 aliphatic carbocycles. The predicted molar refractivity (Wildman–Crippen MR) is 107 cm³/mol. The van der Waals surface area contributed by atoms with E-state index in [0.717, 1.165) is 24.0 Å². The van der Waals surface area contributed by atoms with E-state index in [1.165, 1.54) is 0 Å². The van der Waals surface area contributed by atoms with Crippen LogP contribution in [0.1, 0.15) is 31.4 Å². The Morgan fingerprint density at radius 1 is 1.19 bits per heavy atom. The molecule has 0 radical (unpaired) electrons. The molecular formula is C19H21BrN2O3S. The quantitative estimate of drug-likeness (QED) is 0.766. The van der Waals surface area contributed by atoms with E-state index in [4.69, 9.17) is 0 Å². The number of carbonyl (C=O) groups is 1. The van der Waals surface area contributed by atoms with Crippen LogP contribution in [0.5, 0.6) is 0 Å². The summed E-state index contributed by atoms with van der Waals surface area (Å²) in [5, 5.41) is 0. The standard InChI is InChI=1S/C19H21BrN2O3S/c1-3-13-5-7-15(8-6-13)21-26(24,25)18-12-17-14(11-16(18)20)9-10-22(17)19(23)4-2/h5-8,11-12,21H,3-4,9-10H2,1-2H3. The zero-order valence-electron chi connectivity index (χ0n) is 14.8. The highest BCUT2D eigenvalue weighted by Crippen LogP contribution is 2.36. The van der Waals surface area contributed by atoms with Crippen molar-refractivity contribution in [3.05, 3.63) is 52.0 Å². The van der Waals surface area contributed by atoms with Crippen LogP contribution in [0.3, 0.4) is 0 Å². The number of halogens is 1. The lowest BCUT2D eigenvalue weighted by Gasteiger charge is -2.18. The van der Waals surface area contributed by atoms with Crippen LogP contribution >= 0.6 is 15.9 Å². The number of nitrogens with zero attached hydrogens (tertiary/aromatic N) is 1. The number of anilines is 2. The van der Waals surface area contributed by atoms with Crippen LogP contribution in [-0.4, -0.2) is 20.9 Å². The Morgan fingerprint density at radius 2 is 1.88 bits per heavy atom. The number of benzene rings is 2. The minimum atomic E-state index is -3.78. The summed E-state index contributed by atoms with van der Waals surface area (Å²) in [4.78, 5) is 13.9. The van der Waals surface area contributed by atoms with Crippen molar-refractivity contribution in [2.24, 2.45) is 0 Å². The molecule has 3 rings (SSSR count). The Bertz CT molecular complexity index is 940. The lowest BCUT2D eigenvalue weighted by atomic mass is 10.2. The van der Waals surface area contributed by atoms with Gasteiger partial charge < -0.3 is 4.90 Å². The van der Waals surface area contributed by atoms with Crippen molar-refractivity contribution < 1.29 is 13.2 Å². The lowest BCUT2D eigenvalue weighted by molar-refractivity contribution is -0.118. The summed E-state index contributed by atoms with van der Waals surface area (Å²) in [5.41, 5.74) is 3.31. The van der Waals surface area contributed by atoms with Crippen molar-refractivity contribution in [3.63, 3.8) is 0 Å². The van der Waals surface area contributed by atoms with Gasteiger partial charge in [-0.1, -0.05) is 26.0 Å². The molecule has 0 fully saturated rings. The molecule has 1 N–H and O–H groups in total. The largest absolute Gasteiger partial charge is 0.312 e. The normalized spacial score (nSPS) is 13.6. The minimum absolute atomic E-state index is 0.00228. The molecule has 0 saturated heterocycles. The van der Waals surface area contributed by atoms with E-state index in [9.17, 15) is 13.2 Å². The Hall–Kier alpha value is -1.86. The molecule has 5 nitrogen and oxygen atoms in total. The van der Waals surface area contributed by atoms with Gasteiger partial charge in [0.25, 0.3) is 10.0 Å². The summed E-state index contributed by atoms with van der Waals surface area (Å²) in [6, 6.07) is 10.7. The van der Waals surface area contributed by atoms with Gasteiger partial charge in [0.1, 0.15) is 4.90 Å². The van der Waals surface area contributed by atoms with Gasteiger partial charge in [-0.15, -0.1) is 0 Å². The SMILES string of the molecule is CCC(=O)N1CCc2cc(Br)c(S(=O)(=O)Nc3ccc(CC)cc3)cc21. The molecule has 2 aromatic carbocycles. The third kappa shape index (κ3) is 3.64. The van der Waals surface area contributed by atoms with Crippen LogP contribution in [0.25, 0.3) is 0 Å². The van der Waals surface area contributed by atoms with Gasteiger partial charge in [0, 0.05) is 28.8 Å². The molecule has 138 valence electrons. The highest BCUT2D eigenvalue weighted by Gasteiger charge is 2.28. The molecule has 0 aromatic heterocycles. The Balaban J connectivity index is 1.96. The fourth-order valence-electron chi connectivity index (χ4n) is 3.06. The average molecular weight is 437 g/mol. The van der Waals surface area contributed by atoms with E-state index in [1.54, 1.807) is 36.1 Å². The molecule has 0 bridgehead atoms. The highest BCUT2D eigenvalue weighted by atomic mass is 79.9. The molecule has 0 atom stereocenters. The summed E-state index contributed by atoms with van der Waals surface area (Å²) >= 11 is 3.37. The summed E-state index contributed by atoms with van der Waals surface area (Å²) in [6.07, 6.45) is 2.01. The van der Waals surface area contributed by atoms with Gasteiger partial charge in [0.05, 0.1) is 0 Å². The van der Waals surface area contributed by atoms with E-state index >= 15 is 0 Å². The van der Waals surface area contributed by atoms with Gasteiger partial charge in [0.2, 0.25) is 5.91 Å². The van der Waals surface area contributed by atoms with Crippen molar-refractivity contribution in [3.8, 4) is 0 Å². The fraction of sp³-hybridized carbons (Fsp3) is 0.316. The van der Waals surface area contributed by atoms with Gasteiger partial charge in [-0.05, 0) is 64.2 Å². The van der Waals surface area contributed by atoms with E-state index in [1.807, 2.05) is 19.1 Å². The van der Waals surface area contributed by atoms with Gasteiger partial charge >= 0.3 is 0 Å². The highest BCUT2D eigenvalue weighted by molar-refractivity contribution is 9.10. The first kappa shape index (κ1) is 18.9. The first-order chi connectivity index (χ1) is 12.4. The molecule has 26 heavy (non-hydrogen) atoms. The summed E-state index contributed by atoms with van der Waals surface area (Å²) in [5.74, 6) is -0.00228. The summed E-state index contributed by atoms with van der Waals surface area (Å²) < 4.78 is 28.9. The molecule has 1 aliphatic rings. The molecule has 1 heterocycles. The topological polar surface area (TPSA) is 66.5 Å². The average Bonchev–Trinajstić information content (AvgIpc) is 3.03. The van der Waals surface area contributed by atoms with Gasteiger partial charge in [-0.25, -0.2) is 8.42 Å². The van der Waals surface area contributed by atoms with Crippen LogP contribution in [-0.2, 0) is 27.7 Å². The van der Waals surface area contributed by atoms with Crippen LogP contribution in [0, 0.1) is 0 Å². The number of nitrogens with one attached hydrogen (secondary N) is 1. The second-order valence-corrected chi connectivity index (χ2v) is 8.72. The zero-order valence-corrected chi connectivity index (χ0v) is 17.2. The minimum Gasteiger partial charge on any atom is -0.312 e. The van der Waals surface area contributed by atoms with Crippen molar-refractivity contribution in [1.82, 2.24) is 0 Å². The molecule has 1 aliphatic heterocycles. The molecule has 7 heteroatoms. The number of carbonyl (C=O) groups excluding carboxylic acids is 1. The second kappa shape index (κ2) is 7.40. The number of rotatable bonds is 5. The zero-order chi connectivity index (χ0) is 18.9. The molecule has 0 saturated carbocycles. The second-order valence-electron chi connectivity index (χ2n) is 6.22. The van der Waals surface area contributed by atoms with E-state index in [0.29, 0.717) is 28.8 Å². The Morgan fingerprint density at radius 3 is 2.50 bits per heavy atom. The van der Waals surface area contributed by atoms with E-state index in [2.05, 4.69) is 20.7 Å². The maximum Gasteiger partial charge on any atom is 0.263 e. The molecule has 0 unspecified atom stereocenters. The van der Waals surface area contributed by atoms with Gasteiger partial charge in [-0.3, -0.25) is 9.52 Å². The van der Waals surface area contributed by atoms with Crippen LogP contribution in [0.2, 0.25) is 0 Å². The first-order valence-corrected chi connectivity index (χ1v) is 10.9. The fourth-order valence-corrected chi connectivity index (χ4v) is 5.23. The number of fused-ring (bicyclic) bond motifs is 1. The lowest BCUT2D eigenvalue weighted by Crippen LogP contribution is -2.28. The maximum atomic E-state index is 12.9. The molecule has 1 amide bonds. The molecule has 0 spiro atoms.